The summed E-state index contributed by atoms with van der Waals surface area (Å²) in [5.41, 5.74) is 0.701. The summed E-state index contributed by atoms with van der Waals surface area (Å²) in [7, 11) is 0. The maximum absolute atomic E-state index is 12.0. The summed E-state index contributed by atoms with van der Waals surface area (Å²) in [5, 5.41) is 28.7. The maximum atomic E-state index is 12.0. The van der Waals surface area contributed by atoms with Crippen molar-refractivity contribution in [2.75, 3.05) is 0 Å². The van der Waals surface area contributed by atoms with Crippen molar-refractivity contribution >= 4 is 17.4 Å². The van der Waals surface area contributed by atoms with E-state index in [1.165, 1.54) is 0 Å². The van der Waals surface area contributed by atoms with Gasteiger partial charge in [-0.2, -0.15) is 0 Å². The van der Waals surface area contributed by atoms with Gasteiger partial charge in [0.05, 0.1) is 5.56 Å². The number of aromatic hydroxyl groups is 3. The Bertz CT molecular complexity index is 620. The first kappa shape index (κ1) is 13.2. The fourth-order valence-corrected chi connectivity index (χ4v) is 1.80. The predicted molar refractivity (Wildman–Crippen MR) is 70.9 cm³/mol. The second-order valence-electron chi connectivity index (χ2n) is 4.08. The van der Waals surface area contributed by atoms with E-state index in [0.717, 1.165) is 17.7 Å². The van der Waals surface area contributed by atoms with Gasteiger partial charge < -0.3 is 15.3 Å². The van der Waals surface area contributed by atoms with Crippen LogP contribution in [0.15, 0.2) is 36.4 Å². The summed E-state index contributed by atoms with van der Waals surface area (Å²) in [4.78, 5) is 12.0. The molecule has 0 fully saturated rings. The lowest BCUT2D eigenvalue weighted by Gasteiger charge is -2.06. The van der Waals surface area contributed by atoms with Crippen LogP contribution in [0.2, 0.25) is 5.02 Å². The zero-order chi connectivity index (χ0) is 14.0. The van der Waals surface area contributed by atoms with Crippen LogP contribution in [0.4, 0.5) is 0 Å². The Balaban J connectivity index is 2.25. The highest BCUT2D eigenvalue weighted by atomic mass is 35.5. The Morgan fingerprint density at radius 1 is 0.947 bits per heavy atom. The number of rotatable bonds is 3. The van der Waals surface area contributed by atoms with E-state index < -0.39 is 11.5 Å². The van der Waals surface area contributed by atoms with Crippen molar-refractivity contribution in [2.45, 2.75) is 6.42 Å². The van der Waals surface area contributed by atoms with Crippen LogP contribution in [0.3, 0.4) is 0 Å². The molecule has 3 N–H and O–H groups in total. The van der Waals surface area contributed by atoms with Crippen molar-refractivity contribution < 1.29 is 20.1 Å². The van der Waals surface area contributed by atoms with Crippen molar-refractivity contribution in [2.24, 2.45) is 0 Å². The lowest BCUT2D eigenvalue weighted by atomic mass is 10.0. The van der Waals surface area contributed by atoms with Crippen LogP contribution in [0, 0.1) is 0 Å². The molecule has 98 valence electrons. The van der Waals surface area contributed by atoms with Crippen LogP contribution in [0.25, 0.3) is 0 Å². The Kier molecular flexibility index (Phi) is 3.62. The van der Waals surface area contributed by atoms with Gasteiger partial charge >= 0.3 is 0 Å². The molecule has 19 heavy (non-hydrogen) atoms. The first-order chi connectivity index (χ1) is 8.97. The second kappa shape index (κ2) is 5.20. The fraction of sp³-hybridized carbons (Fsp3) is 0.0714. The highest BCUT2D eigenvalue weighted by Crippen LogP contribution is 2.32. The molecule has 0 atom stereocenters. The Morgan fingerprint density at radius 3 is 2.16 bits per heavy atom. The van der Waals surface area contributed by atoms with E-state index in [1.807, 2.05) is 0 Å². The molecule has 0 amide bonds. The topological polar surface area (TPSA) is 77.8 Å². The molecule has 0 aliphatic heterocycles. The van der Waals surface area contributed by atoms with Gasteiger partial charge in [0.25, 0.3) is 0 Å². The van der Waals surface area contributed by atoms with Gasteiger partial charge in [0, 0.05) is 17.5 Å². The molecule has 0 aromatic heterocycles. The van der Waals surface area contributed by atoms with Gasteiger partial charge in [0.15, 0.2) is 17.3 Å². The maximum Gasteiger partial charge on any atom is 0.171 e. The third-order valence-corrected chi connectivity index (χ3v) is 2.92. The van der Waals surface area contributed by atoms with Crippen LogP contribution in [0.1, 0.15) is 15.9 Å². The zero-order valence-electron chi connectivity index (χ0n) is 9.80. The summed E-state index contributed by atoms with van der Waals surface area (Å²) in [5.74, 6) is -1.65. The lowest BCUT2D eigenvalue weighted by Crippen LogP contribution is -2.03. The smallest absolute Gasteiger partial charge is 0.171 e. The SMILES string of the molecule is O=C(Cc1ccc(Cl)cc1)c1cc(O)c(O)cc1O. The Labute approximate surface area is 114 Å². The van der Waals surface area contributed by atoms with Gasteiger partial charge in [-0.1, -0.05) is 23.7 Å². The van der Waals surface area contributed by atoms with Crippen molar-refractivity contribution in [3.63, 3.8) is 0 Å². The number of phenols is 3. The third-order valence-electron chi connectivity index (χ3n) is 2.67. The van der Waals surface area contributed by atoms with Crippen molar-refractivity contribution in [3.8, 4) is 17.2 Å². The molecule has 2 aromatic rings. The average Bonchev–Trinajstić information content (AvgIpc) is 2.36. The number of hydrogen-bond acceptors (Lipinski definition) is 4. The minimum absolute atomic E-state index is 0.0368. The van der Waals surface area contributed by atoms with E-state index in [2.05, 4.69) is 0 Å². The van der Waals surface area contributed by atoms with Crippen LogP contribution < -0.4 is 0 Å². The summed E-state index contributed by atoms with van der Waals surface area (Å²) >= 11 is 5.74. The molecule has 0 radical (unpaired) electrons. The van der Waals surface area contributed by atoms with Crippen molar-refractivity contribution in [3.05, 3.63) is 52.5 Å². The molecule has 0 unspecified atom stereocenters. The van der Waals surface area contributed by atoms with E-state index in [9.17, 15) is 20.1 Å². The molecular weight excluding hydrogens is 268 g/mol. The average molecular weight is 279 g/mol. The molecular formula is C14H11ClO4. The van der Waals surface area contributed by atoms with E-state index in [0.29, 0.717) is 5.02 Å². The minimum atomic E-state index is -0.472. The molecule has 0 bridgehead atoms. The number of benzene rings is 2. The summed E-state index contributed by atoms with van der Waals surface area (Å²) in [6.45, 7) is 0. The normalized spacial score (nSPS) is 10.4. The standard InChI is InChI=1S/C14H11ClO4/c15-9-3-1-8(2-4-9)5-11(16)10-6-13(18)14(19)7-12(10)17/h1-4,6-7,17-19H,5H2. The van der Waals surface area contributed by atoms with E-state index in [4.69, 9.17) is 11.6 Å². The van der Waals surface area contributed by atoms with Gasteiger partial charge in [-0.05, 0) is 23.8 Å². The molecule has 0 aliphatic rings. The van der Waals surface area contributed by atoms with Gasteiger partial charge in [-0.15, -0.1) is 0 Å². The van der Waals surface area contributed by atoms with Crippen LogP contribution in [-0.2, 0) is 6.42 Å². The molecule has 0 aliphatic carbocycles. The van der Waals surface area contributed by atoms with Gasteiger partial charge in [0.2, 0.25) is 0 Å². The molecule has 0 heterocycles. The minimum Gasteiger partial charge on any atom is -0.507 e. The molecule has 2 rings (SSSR count). The Morgan fingerprint density at radius 2 is 1.53 bits per heavy atom. The third kappa shape index (κ3) is 2.98. The van der Waals surface area contributed by atoms with Crippen LogP contribution in [-0.4, -0.2) is 21.1 Å². The van der Waals surface area contributed by atoms with E-state index >= 15 is 0 Å². The van der Waals surface area contributed by atoms with E-state index in [1.54, 1.807) is 24.3 Å². The zero-order valence-corrected chi connectivity index (χ0v) is 10.6. The molecule has 5 heteroatoms. The number of halogens is 1. The molecule has 4 nitrogen and oxygen atoms in total. The highest BCUT2D eigenvalue weighted by molar-refractivity contribution is 6.30. The van der Waals surface area contributed by atoms with Gasteiger partial charge in [0.1, 0.15) is 5.75 Å². The lowest BCUT2D eigenvalue weighted by molar-refractivity contribution is 0.0990. The fourth-order valence-electron chi connectivity index (χ4n) is 1.67. The number of carbonyl (C=O) groups excluding carboxylic acids is 1. The molecule has 0 saturated heterocycles. The van der Waals surface area contributed by atoms with Gasteiger partial charge in [-0.25, -0.2) is 0 Å². The molecule has 0 spiro atoms. The van der Waals surface area contributed by atoms with Gasteiger partial charge in [-0.3, -0.25) is 4.79 Å². The molecule has 2 aromatic carbocycles. The number of hydrogen-bond donors (Lipinski definition) is 3. The number of carbonyl (C=O) groups is 1. The summed E-state index contributed by atoms with van der Waals surface area (Å²) in [6, 6.07) is 8.72. The monoisotopic (exact) mass is 278 g/mol. The van der Waals surface area contributed by atoms with Crippen molar-refractivity contribution in [1.29, 1.82) is 0 Å². The van der Waals surface area contributed by atoms with E-state index in [-0.39, 0.29) is 23.5 Å². The highest BCUT2D eigenvalue weighted by Gasteiger charge is 2.15. The first-order valence-electron chi connectivity index (χ1n) is 5.50. The predicted octanol–water partition coefficient (Wildman–Crippen LogP) is 2.88. The summed E-state index contributed by atoms with van der Waals surface area (Å²) in [6.07, 6.45) is 0.0644. The number of phenolic OH excluding ortho intramolecular Hbond substituents is 3. The molecule has 0 saturated carbocycles. The van der Waals surface area contributed by atoms with Crippen molar-refractivity contribution in [1.82, 2.24) is 0 Å². The number of ketones is 1. The first-order valence-corrected chi connectivity index (χ1v) is 5.88. The Hall–Kier alpha value is -2.20. The quantitative estimate of drug-likeness (QED) is 0.458. The largest absolute Gasteiger partial charge is 0.507 e. The second-order valence-corrected chi connectivity index (χ2v) is 4.52. The van der Waals surface area contributed by atoms with Crippen LogP contribution in [0.5, 0.6) is 17.2 Å². The number of Topliss-reactive ketones (excluding diaryl/α,β-unsaturated/α-hetero) is 1. The van der Waals surface area contributed by atoms with Crippen LogP contribution >= 0.6 is 11.6 Å². The summed E-state index contributed by atoms with van der Waals surface area (Å²) < 4.78 is 0.